The van der Waals surface area contributed by atoms with Crippen LogP contribution in [0.4, 0.5) is 0 Å². The number of aryl methyl sites for hydroxylation is 1. The molecule has 0 amide bonds. The third kappa shape index (κ3) is 3.16. The molecule has 1 heterocycles. The van der Waals surface area contributed by atoms with Gasteiger partial charge in [0.15, 0.2) is 0 Å². The number of benzene rings is 1. The molecule has 2 aromatic rings. The van der Waals surface area contributed by atoms with Gasteiger partial charge in [-0.2, -0.15) is 0 Å². The zero-order valence-electron chi connectivity index (χ0n) is 10.9. The summed E-state index contributed by atoms with van der Waals surface area (Å²) in [7, 11) is 0. The number of aromatic nitrogens is 2. The molecule has 2 nitrogen and oxygen atoms in total. The molecule has 1 N–H and O–H groups in total. The molecule has 19 heavy (non-hydrogen) atoms. The molecule has 0 unspecified atom stereocenters. The summed E-state index contributed by atoms with van der Waals surface area (Å²) < 4.78 is 0.623. The van der Waals surface area contributed by atoms with E-state index >= 15 is 0 Å². The van der Waals surface area contributed by atoms with Crippen molar-refractivity contribution in [3.63, 3.8) is 0 Å². The minimum atomic E-state index is 0.341. The van der Waals surface area contributed by atoms with Gasteiger partial charge < -0.3 is 4.98 Å². The Kier molecular flexibility index (Phi) is 4.29. The molecular weight excluding hydrogens is 299 g/mol. The van der Waals surface area contributed by atoms with Gasteiger partial charge in [-0.15, -0.1) is 0 Å². The van der Waals surface area contributed by atoms with Crippen molar-refractivity contribution in [3.05, 3.63) is 44.1 Å². The number of hydrogen-bond acceptors (Lipinski definition) is 2. The van der Waals surface area contributed by atoms with Crippen molar-refractivity contribution in [2.45, 2.75) is 26.7 Å². The summed E-state index contributed by atoms with van der Waals surface area (Å²) in [6, 6.07) is 5.32. The third-order valence-electron chi connectivity index (χ3n) is 2.87. The molecule has 0 aliphatic rings. The highest BCUT2D eigenvalue weighted by atomic mass is 35.5. The Balaban J connectivity index is 2.62. The van der Waals surface area contributed by atoms with Crippen LogP contribution >= 0.6 is 35.4 Å². The van der Waals surface area contributed by atoms with E-state index in [0.29, 0.717) is 26.4 Å². The summed E-state index contributed by atoms with van der Waals surface area (Å²) in [5.74, 6) is 1.03. The first-order chi connectivity index (χ1) is 8.88. The highest BCUT2D eigenvalue weighted by Crippen LogP contribution is 2.27. The highest BCUT2D eigenvalue weighted by Gasteiger charge is 2.11. The zero-order chi connectivity index (χ0) is 14.2. The molecule has 0 aliphatic carbocycles. The zero-order valence-corrected chi connectivity index (χ0v) is 13.2. The summed E-state index contributed by atoms with van der Waals surface area (Å²) in [6.07, 6.45) is 0. The lowest BCUT2D eigenvalue weighted by Crippen LogP contribution is -2.01. The third-order valence-corrected chi connectivity index (χ3v) is 3.61. The fourth-order valence-corrected chi connectivity index (χ4v) is 3.11. The van der Waals surface area contributed by atoms with E-state index in [2.05, 4.69) is 23.8 Å². The van der Waals surface area contributed by atoms with E-state index in [1.807, 2.05) is 19.1 Å². The summed E-state index contributed by atoms with van der Waals surface area (Å²) in [6.45, 7) is 6.20. The molecule has 0 saturated carbocycles. The van der Waals surface area contributed by atoms with Crippen molar-refractivity contribution in [3.8, 4) is 11.4 Å². The first-order valence-electron chi connectivity index (χ1n) is 5.95. The van der Waals surface area contributed by atoms with Gasteiger partial charge in [-0.25, -0.2) is 4.98 Å². The van der Waals surface area contributed by atoms with Gasteiger partial charge in [0, 0.05) is 26.9 Å². The summed E-state index contributed by atoms with van der Waals surface area (Å²) in [4.78, 5) is 7.72. The van der Waals surface area contributed by atoms with Crippen LogP contribution < -0.4 is 0 Å². The smallest absolute Gasteiger partial charge is 0.139 e. The molecule has 100 valence electrons. The van der Waals surface area contributed by atoms with Crippen molar-refractivity contribution in [2.24, 2.45) is 0 Å². The topological polar surface area (TPSA) is 28.7 Å². The number of nitrogens with zero attached hydrogens (tertiary/aromatic N) is 1. The van der Waals surface area contributed by atoms with E-state index in [4.69, 9.17) is 35.4 Å². The Labute approximate surface area is 127 Å². The van der Waals surface area contributed by atoms with Gasteiger partial charge in [0.25, 0.3) is 0 Å². The molecule has 0 spiro atoms. The van der Waals surface area contributed by atoms with Crippen molar-refractivity contribution < 1.29 is 0 Å². The normalized spacial score (nSPS) is 11.1. The van der Waals surface area contributed by atoms with Crippen molar-refractivity contribution in [1.29, 1.82) is 0 Å². The Morgan fingerprint density at radius 1 is 1.16 bits per heavy atom. The number of H-pyrrole nitrogens is 1. The number of halogens is 2. The van der Waals surface area contributed by atoms with E-state index in [9.17, 15) is 0 Å². The maximum absolute atomic E-state index is 6.01. The molecule has 5 heteroatoms. The molecule has 0 atom stereocenters. The van der Waals surface area contributed by atoms with Gasteiger partial charge in [0.2, 0.25) is 0 Å². The first-order valence-corrected chi connectivity index (χ1v) is 7.12. The Morgan fingerprint density at radius 2 is 1.74 bits per heavy atom. The maximum Gasteiger partial charge on any atom is 0.139 e. The van der Waals surface area contributed by atoms with E-state index in [1.54, 1.807) is 6.07 Å². The monoisotopic (exact) mass is 312 g/mol. The maximum atomic E-state index is 6.01. The fourth-order valence-electron chi connectivity index (χ4n) is 2.10. The van der Waals surface area contributed by atoms with Crippen molar-refractivity contribution >= 4 is 35.4 Å². The Hall–Kier alpha value is -0.900. The predicted molar refractivity (Wildman–Crippen MR) is 83.7 cm³/mol. The van der Waals surface area contributed by atoms with Crippen LogP contribution in [0.15, 0.2) is 18.2 Å². The van der Waals surface area contributed by atoms with Gasteiger partial charge in [-0.05, 0) is 31.0 Å². The molecule has 0 fully saturated rings. The first kappa shape index (κ1) is 14.5. The average Bonchev–Trinajstić information content (AvgIpc) is 2.25. The quantitative estimate of drug-likeness (QED) is 0.737. The van der Waals surface area contributed by atoms with Crippen LogP contribution in [-0.4, -0.2) is 9.97 Å². The van der Waals surface area contributed by atoms with Crippen LogP contribution in [-0.2, 0) is 0 Å². The number of hydrogen-bond donors (Lipinski definition) is 1. The van der Waals surface area contributed by atoms with E-state index < -0.39 is 0 Å². The van der Waals surface area contributed by atoms with Crippen LogP contribution in [0, 0.1) is 11.6 Å². The summed E-state index contributed by atoms with van der Waals surface area (Å²) in [5.41, 5.74) is 2.94. The summed E-state index contributed by atoms with van der Waals surface area (Å²) >= 11 is 17.4. The predicted octanol–water partition coefficient (Wildman–Crippen LogP) is 5.54. The van der Waals surface area contributed by atoms with Crippen LogP contribution in [0.3, 0.4) is 0 Å². The SMILES string of the molecule is Cc1[nH]c(-c2cc(Cl)cc(Cl)c2)nc(=S)c1C(C)C. The largest absolute Gasteiger partial charge is 0.343 e. The van der Waals surface area contributed by atoms with Crippen molar-refractivity contribution in [2.75, 3.05) is 0 Å². The lowest BCUT2D eigenvalue weighted by Gasteiger charge is -2.12. The molecular formula is C14H14Cl2N2S. The second-order valence-electron chi connectivity index (χ2n) is 4.74. The van der Waals surface area contributed by atoms with E-state index in [0.717, 1.165) is 16.8 Å². The molecule has 1 aromatic carbocycles. The van der Waals surface area contributed by atoms with Gasteiger partial charge >= 0.3 is 0 Å². The van der Waals surface area contributed by atoms with Crippen LogP contribution in [0.5, 0.6) is 0 Å². The van der Waals surface area contributed by atoms with Gasteiger partial charge in [-0.3, -0.25) is 0 Å². The molecule has 0 bridgehead atoms. The van der Waals surface area contributed by atoms with Crippen molar-refractivity contribution in [1.82, 2.24) is 9.97 Å². The molecule has 1 aromatic heterocycles. The van der Waals surface area contributed by atoms with E-state index in [-0.39, 0.29) is 0 Å². The Bertz CT molecular complexity index is 657. The van der Waals surface area contributed by atoms with Crippen LogP contribution in [0.1, 0.15) is 31.0 Å². The highest BCUT2D eigenvalue weighted by molar-refractivity contribution is 7.71. The number of nitrogens with one attached hydrogen (secondary N) is 1. The van der Waals surface area contributed by atoms with Gasteiger partial charge in [0.1, 0.15) is 10.5 Å². The molecule has 2 rings (SSSR count). The lowest BCUT2D eigenvalue weighted by molar-refractivity contribution is 0.825. The average molecular weight is 313 g/mol. The lowest BCUT2D eigenvalue weighted by atomic mass is 10.0. The minimum absolute atomic E-state index is 0.341. The van der Waals surface area contributed by atoms with Gasteiger partial charge in [0.05, 0.1) is 0 Å². The van der Waals surface area contributed by atoms with Crippen LogP contribution in [0.2, 0.25) is 10.0 Å². The van der Waals surface area contributed by atoms with Gasteiger partial charge in [-0.1, -0.05) is 49.3 Å². The molecule has 0 aliphatic heterocycles. The van der Waals surface area contributed by atoms with E-state index in [1.165, 1.54) is 0 Å². The Morgan fingerprint density at radius 3 is 2.21 bits per heavy atom. The number of rotatable bonds is 2. The fraction of sp³-hybridized carbons (Fsp3) is 0.286. The second-order valence-corrected chi connectivity index (χ2v) is 6.00. The number of aromatic amines is 1. The minimum Gasteiger partial charge on any atom is -0.343 e. The standard InChI is InChI=1S/C14H14Cl2N2S/c1-7(2)12-8(3)17-13(18-14(12)19)9-4-10(15)6-11(16)5-9/h4-7H,1-3H3,(H,17,18,19). The summed E-state index contributed by atoms with van der Waals surface area (Å²) in [5, 5.41) is 1.16. The second kappa shape index (κ2) is 5.61. The molecule has 0 radical (unpaired) electrons. The van der Waals surface area contributed by atoms with Crippen LogP contribution in [0.25, 0.3) is 11.4 Å². The molecule has 0 saturated heterocycles.